The summed E-state index contributed by atoms with van der Waals surface area (Å²) in [5.41, 5.74) is 2.66. The normalized spacial score (nSPS) is 11.0. The molecule has 0 aliphatic heterocycles. The van der Waals surface area contributed by atoms with Gasteiger partial charge in [0.1, 0.15) is 11.2 Å². The number of imidazole rings is 1. The van der Waals surface area contributed by atoms with Gasteiger partial charge in [-0.3, -0.25) is 4.98 Å². The van der Waals surface area contributed by atoms with E-state index in [-0.39, 0.29) is 0 Å². The minimum atomic E-state index is 0.761. The number of pyridine rings is 2. The number of thiophene rings is 1. The highest BCUT2D eigenvalue weighted by Crippen LogP contribution is 2.24. The number of aromatic nitrogens is 4. The Hall–Kier alpha value is -2.53. The standard InChI is InChI=1S/C16H12N4S/c1-2-8-17-13(6-1)16-19-14-7-3-9-18-15(14)20(16)11-12-5-4-10-21-12/h1-10H,11H2. The van der Waals surface area contributed by atoms with E-state index in [9.17, 15) is 0 Å². The number of rotatable bonds is 3. The van der Waals surface area contributed by atoms with E-state index >= 15 is 0 Å². The number of hydrogen-bond acceptors (Lipinski definition) is 4. The fraction of sp³-hybridized carbons (Fsp3) is 0.0625. The molecule has 0 amide bonds. The predicted molar refractivity (Wildman–Crippen MR) is 84.2 cm³/mol. The Kier molecular flexibility index (Phi) is 2.97. The van der Waals surface area contributed by atoms with Crippen LogP contribution in [0.1, 0.15) is 4.88 Å². The second-order valence-electron chi connectivity index (χ2n) is 4.66. The van der Waals surface area contributed by atoms with Crippen molar-refractivity contribution >= 4 is 22.5 Å². The van der Waals surface area contributed by atoms with Crippen LogP contribution in [0.15, 0.2) is 60.2 Å². The van der Waals surface area contributed by atoms with Crippen molar-refractivity contribution < 1.29 is 0 Å². The molecule has 4 heterocycles. The van der Waals surface area contributed by atoms with Crippen molar-refractivity contribution in [3.8, 4) is 11.5 Å². The Balaban J connectivity index is 1.93. The Morgan fingerprint density at radius 3 is 2.71 bits per heavy atom. The van der Waals surface area contributed by atoms with Crippen LogP contribution < -0.4 is 0 Å². The zero-order chi connectivity index (χ0) is 14.1. The molecule has 0 radical (unpaired) electrons. The van der Waals surface area contributed by atoms with Gasteiger partial charge < -0.3 is 4.57 Å². The van der Waals surface area contributed by atoms with Crippen molar-refractivity contribution in [3.63, 3.8) is 0 Å². The third-order valence-electron chi connectivity index (χ3n) is 3.29. The lowest BCUT2D eigenvalue weighted by Crippen LogP contribution is -2.02. The summed E-state index contributed by atoms with van der Waals surface area (Å²) < 4.78 is 2.13. The van der Waals surface area contributed by atoms with Crippen LogP contribution in [0.5, 0.6) is 0 Å². The van der Waals surface area contributed by atoms with Crippen LogP contribution in [0, 0.1) is 0 Å². The maximum Gasteiger partial charge on any atom is 0.161 e. The molecule has 0 unspecified atom stereocenters. The van der Waals surface area contributed by atoms with E-state index in [2.05, 4.69) is 32.0 Å². The lowest BCUT2D eigenvalue weighted by atomic mass is 10.3. The summed E-state index contributed by atoms with van der Waals surface area (Å²) >= 11 is 1.74. The van der Waals surface area contributed by atoms with Gasteiger partial charge in [0.05, 0.1) is 6.54 Å². The number of hydrogen-bond donors (Lipinski definition) is 0. The van der Waals surface area contributed by atoms with Crippen LogP contribution in [-0.4, -0.2) is 19.5 Å². The first kappa shape index (κ1) is 12.2. The summed E-state index contributed by atoms with van der Waals surface area (Å²) in [6, 6.07) is 14.0. The fourth-order valence-corrected chi connectivity index (χ4v) is 3.05. The van der Waals surface area contributed by atoms with E-state index < -0.39 is 0 Å². The van der Waals surface area contributed by atoms with Gasteiger partial charge in [-0.05, 0) is 35.7 Å². The van der Waals surface area contributed by atoms with E-state index in [1.807, 2.05) is 30.3 Å². The molecular weight excluding hydrogens is 280 g/mol. The summed E-state index contributed by atoms with van der Waals surface area (Å²) in [6.45, 7) is 0.761. The summed E-state index contributed by atoms with van der Waals surface area (Å²) in [5, 5.41) is 2.09. The molecular formula is C16H12N4S. The van der Waals surface area contributed by atoms with Gasteiger partial charge in [-0.2, -0.15) is 0 Å². The molecule has 0 fully saturated rings. The predicted octanol–water partition coefficient (Wildman–Crippen LogP) is 3.60. The number of nitrogens with zero attached hydrogens (tertiary/aromatic N) is 4. The summed E-state index contributed by atoms with van der Waals surface area (Å²) in [5.74, 6) is 0.859. The minimum Gasteiger partial charge on any atom is -0.302 e. The molecule has 0 bridgehead atoms. The van der Waals surface area contributed by atoms with E-state index in [1.165, 1.54) is 4.88 Å². The lowest BCUT2D eigenvalue weighted by Gasteiger charge is -2.06. The number of fused-ring (bicyclic) bond motifs is 1. The van der Waals surface area contributed by atoms with Crippen molar-refractivity contribution in [1.82, 2.24) is 19.5 Å². The van der Waals surface area contributed by atoms with Crippen molar-refractivity contribution in [2.75, 3.05) is 0 Å². The van der Waals surface area contributed by atoms with Crippen LogP contribution in [0.2, 0.25) is 0 Å². The van der Waals surface area contributed by atoms with Crippen LogP contribution >= 0.6 is 11.3 Å². The molecule has 0 saturated carbocycles. The van der Waals surface area contributed by atoms with Gasteiger partial charge in [-0.25, -0.2) is 9.97 Å². The van der Waals surface area contributed by atoms with Crippen LogP contribution in [-0.2, 0) is 6.54 Å². The molecule has 0 saturated heterocycles. The molecule has 21 heavy (non-hydrogen) atoms. The average Bonchev–Trinajstić information content (AvgIpc) is 3.17. The van der Waals surface area contributed by atoms with E-state index in [0.717, 1.165) is 29.2 Å². The van der Waals surface area contributed by atoms with Gasteiger partial charge in [0.15, 0.2) is 11.5 Å². The highest BCUT2D eigenvalue weighted by Gasteiger charge is 2.14. The molecule has 5 heteroatoms. The Morgan fingerprint density at radius 2 is 1.90 bits per heavy atom. The molecule has 102 valence electrons. The van der Waals surface area contributed by atoms with Crippen LogP contribution in [0.3, 0.4) is 0 Å². The molecule has 0 aliphatic rings. The quantitative estimate of drug-likeness (QED) is 0.579. The maximum absolute atomic E-state index is 4.71. The topological polar surface area (TPSA) is 43.6 Å². The van der Waals surface area contributed by atoms with Crippen LogP contribution in [0.25, 0.3) is 22.7 Å². The Bertz CT molecular complexity index is 866. The lowest BCUT2D eigenvalue weighted by molar-refractivity contribution is 0.833. The second-order valence-corrected chi connectivity index (χ2v) is 5.69. The molecule has 0 atom stereocenters. The van der Waals surface area contributed by atoms with Crippen molar-refractivity contribution in [2.24, 2.45) is 0 Å². The van der Waals surface area contributed by atoms with E-state index in [0.29, 0.717) is 0 Å². The first-order valence-electron chi connectivity index (χ1n) is 6.67. The highest BCUT2D eigenvalue weighted by atomic mass is 32.1. The second kappa shape index (κ2) is 5.10. The molecule has 4 aromatic rings. The minimum absolute atomic E-state index is 0.761. The van der Waals surface area contributed by atoms with E-state index in [1.54, 1.807) is 23.7 Å². The SMILES string of the molecule is c1ccc(-c2nc3cccnc3n2Cc2cccs2)nc1. The molecule has 4 nitrogen and oxygen atoms in total. The van der Waals surface area contributed by atoms with Crippen molar-refractivity contribution in [2.45, 2.75) is 6.54 Å². The maximum atomic E-state index is 4.71. The first-order valence-corrected chi connectivity index (χ1v) is 7.55. The van der Waals surface area contributed by atoms with Crippen molar-refractivity contribution in [3.05, 3.63) is 65.1 Å². The van der Waals surface area contributed by atoms with Gasteiger partial charge >= 0.3 is 0 Å². The zero-order valence-electron chi connectivity index (χ0n) is 11.2. The Labute approximate surface area is 125 Å². The largest absolute Gasteiger partial charge is 0.302 e. The molecule has 0 N–H and O–H groups in total. The third-order valence-corrected chi connectivity index (χ3v) is 4.15. The van der Waals surface area contributed by atoms with Crippen LogP contribution in [0.4, 0.5) is 0 Å². The summed E-state index contributed by atoms with van der Waals surface area (Å²) in [6.07, 6.45) is 3.59. The molecule has 0 aromatic carbocycles. The Morgan fingerprint density at radius 1 is 0.952 bits per heavy atom. The molecule has 4 aromatic heterocycles. The highest BCUT2D eigenvalue weighted by molar-refractivity contribution is 7.09. The molecule has 4 rings (SSSR count). The smallest absolute Gasteiger partial charge is 0.161 e. The summed E-state index contributed by atoms with van der Waals surface area (Å²) in [4.78, 5) is 14.9. The fourth-order valence-electron chi connectivity index (χ4n) is 2.36. The first-order chi connectivity index (χ1) is 10.4. The van der Waals surface area contributed by atoms with Gasteiger partial charge in [-0.1, -0.05) is 12.1 Å². The average molecular weight is 292 g/mol. The van der Waals surface area contributed by atoms with Gasteiger partial charge in [-0.15, -0.1) is 11.3 Å². The molecule has 0 aliphatic carbocycles. The summed E-state index contributed by atoms with van der Waals surface area (Å²) in [7, 11) is 0. The third kappa shape index (κ3) is 2.21. The van der Waals surface area contributed by atoms with Gasteiger partial charge in [0.2, 0.25) is 0 Å². The molecule has 0 spiro atoms. The van der Waals surface area contributed by atoms with Crippen molar-refractivity contribution in [1.29, 1.82) is 0 Å². The zero-order valence-corrected chi connectivity index (χ0v) is 12.0. The van der Waals surface area contributed by atoms with E-state index in [4.69, 9.17) is 4.98 Å². The monoisotopic (exact) mass is 292 g/mol. The van der Waals surface area contributed by atoms with Gasteiger partial charge in [0.25, 0.3) is 0 Å². The van der Waals surface area contributed by atoms with Gasteiger partial charge in [0, 0.05) is 17.3 Å².